The molecule has 1 amide bonds. The van der Waals surface area contributed by atoms with Gasteiger partial charge in [-0.3, -0.25) is 4.79 Å². The van der Waals surface area contributed by atoms with Crippen molar-refractivity contribution in [2.24, 2.45) is 0 Å². The monoisotopic (exact) mass is 470 g/mol. The second kappa shape index (κ2) is 7.90. The number of nitrogens with one attached hydrogen (secondary N) is 1. The second-order valence-corrected chi connectivity index (χ2v) is 8.06. The Morgan fingerprint density at radius 3 is 2.60 bits per heavy atom. The van der Waals surface area contributed by atoms with Gasteiger partial charge in [-0.05, 0) is 29.6 Å². The lowest BCUT2D eigenvalue weighted by Crippen LogP contribution is -2.23. The normalized spacial score (nSPS) is 11.8. The summed E-state index contributed by atoms with van der Waals surface area (Å²) in [5, 5.41) is 8.77. The molecule has 1 N–H and O–H groups in total. The molecule has 0 aliphatic carbocycles. The van der Waals surface area contributed by atoms with Crippen molar-refractivity contribution in [1.29, 1.82) is 0 Å². The summed E-state index contributed by atoms with van der Waals surface area (Å²) in [6, 6.07) is 10.1. The Morgan fingerprint density at radius 1 is 1.13 bits per heavy atom. The van der Waals surface area contributed by atoms with E-state index in [-0.39, 0.29) is 33.6 Å². The molecule has 0 atom stereocenters. The zero-order valence-corrected chi connectivity index (χ0v) is 17.2. The van der Waals surface area contributed by atoms with Crippen LogP contribution >= 0.6 is 34.5 Å². The molecular weight excluding hydrogens is 460 g/mol. The van der Waals surface area contributed by atoms with Crippen LogP contribution in [0.2, 0.25) is 10.0 Å². The number of halogens is 5. The van der Waals surface area contributed by atoms with Crippen LogP contribution in [0.3, 0.4) is 0 Å². The number of aromatic nitrogens is 3. The van der Waals surface area contributed by atoms with E-state index in [0.29, 0.717) is 10.1 Å². The van der Waals surface area contributed by atoms with Crippen molar-refractivity contribution in [3.8, 4) is 11.3 Å². The van der Waals surface area contributed by atoms with Crippen molar-refractivity contribution < 1.29 is 18.0 Å². The van der Waals surface area contributed by atoms with E-state index in [1.54, 1.807) is 0 Å². The highest BCUT2D eigenvalue weighted by Gasteiger charge is 2.35. The SMILES string of the molecule is O=C(NCc1cccs1)c1cc2nc(-c3ccc(Cl)c(Cl)c3)cc(C(F)(F)F)n2n1. The first kappa shape index (κ1) is 20.6. The number of carbonyl (C=O) groups is 1. The van der Waals surface area contributed by atoms with Crippen LogP contribution in [0.15, 0.2) is 47.8 Å². The molecule has 0 unspecified atom stereocenters. The van der Waals surface area contributed by atoms with E-state index >= 15 is 0 Å². The number of alkyl halides is 3. The number of fused-ring (bicyclic) bond motifs is 1. The van der Waals surface area contributed by atoms with Gasteiger partial charge in [0.1, 0.15) is 0 Å². The Bertz CT molecular complexity index is 1240. The highest BCUT2D eigenvalue weighted by molar-refractivity contribution is 7.09. The molecule has 4 rings (SSSR count). The van der Waals surface area contributed by atoms with Gasteiger partial charge in [0.15, 0.2) is 17.0 Å². The summed E-state index contributed by atoms with van der Waals surface area (Å²) in [7, 11) is 0. The molecule has 0 saturated carbocycles. The fourth-order valence-corrected chi connectivity index (χ4v) is 3.70. The van der Waals surface area contributed by atoms with Crippen LogP contribution in [0.4, 0.5) is 13.2 Å². The molecule has 0 spiro atoms. The molecule has 3 heterocycles. The van der Waals surface area contributed by atoms with Gasteiger partial charge in [-0.15, -0.1) is 11.3 Å². The molecule has 0 saturated heterocycles. The van der Waals surface area contributed by atoms with Gasteiger partial charge in [-0.1, -0.05) is 35.3 Å². The van der Waals surface area contributed by atoms with Crippen LogP contribution in [-0.4, -0.2) is 20.5 Å². The van der Waals surface area contributed by atoms with E-state index in [4.69, 9.17) is 23.2 Å². The van der Waals surface area contributed by atoms with Gasteiger partial charge in [-0.25, -0.2) is 9.50 Å². The molecule has 4 aromatic rings. The second-order valence-electron chi connectivity index (χ2n) is 6.21. The molecule has 0 radical (unpaired) electrons. The summed E-state index contributed by atoms with van der Waals surface area (Å²) in [6.45, 7) is 0.248. The van der Waals surface area contributed by atoms with Gasteiger partial charge >= 0.3 is 6.18 Å². The van der Waals surface area contributed by atoms with Crippen LogP contribution in [0.25, 0.3) is 16.9 Å². The van der Waals surface area contributed by atoms with Crippen molar-refractivity contribution >= 4 is 46.1 Å². The van der Waals surface area contributed by atoms with Gasteiger partial charge in [0.25, 0.3) is 5.91 Å². The van der Waals surface area contributed by atoms with Gasteiger partial charge in [0.2, 0.25) is 0 Å². The predicted molar refractivity (Wildman–Crippen MR) is 109 cm³/mol. The number of hydrogen-bond donors (Lipinski definition) is 1. The zero-order chi connectivity index (χ0) is 21.5. The lowest BCUT2D eigenvalue weighted by molar-refractivity contribution is -0.142. The number of rotatable bonds is 4. The van der Waals surface area contributed by atoms with Crippen LogP contribution in [-0.2, 0) is 12.7 Å². The molecular formula is C19H11Cl2F3N4OS. The van der Waals surface area contributed by atoms with E-state index < -0.39 is 17.8 Å². The van der Waals surface area contributed by atoms with E-state index in [1.807, 2.05) is 17.5 Å². The molecule has 11 heteroatoms. The molecule has 0 fully saturated rings. The number of carbonyl (C=O) groups excluding carboxylic acids is 1. The summed E-state index contributed by atoms with van der Waals surface area (Å²) < 4.78 is 41.6. The third-order valence-electron chi connectivity index (χ3n) is 4.17. The first-order chi connectivity index (χ1) is 14.2. The molecule has 5 nitrogen and oxygen atoms in total. The van der Waals surface area contributed by atoms with E-state index in [2.05, 4.69) is 15.4 Å². The summed E-state index contributed by atoms with van der Waals surface area (Å²) in [4.78, 5) is 17.5. The Hall–Kier alpha value is -2.62. The summed E-state index contributed by atoms with van der Waals surface area (Å²) >= 11 is 13.3. The highest BCUT2D eigenvalue weighted by atomic mass is 35.5. The summed E-state index contributed by atoms with van der Waals surface area (Å²) in [6.07, 6.45) is -4.72. The zero-order valence-electron chi connectivity index (χ0n) is 14.9. The van der Waals surface area contributed by atoms with Crippen molar-refractivity contribution in [1.82, 2.24) is 19.9 Å². The van der Waals surface area contributed by atoms with Crippen molar-refractivity contribution in [2.75, 3.05) is 0 Å². The van der Waals surface area contributed by atoms with E-state index in [1.165, 1.54) is 35.6 Å². The minimum absolute atomic E-state index is 0.0267. The third-order valence-corrected chi connectivity index (χ3v) is 5.78. The van der Waals surface area contributed by atoms with Crippen molar-refractivity contribution in [3.63, 3.8) is 0 Å². The first-order valence-corrected chi connectivity index (χ1v) is 10.1. The molecule has 0 aliphatic rings. The minimum Gasteiger partial charge on any atom is -0.346 e. The Kier molecular flexibility index (Phi) is 5.44. The van der Waals surface area contributed by atoms with E-state index in [9.17, 15) is 18.0 Å². The van der Waals surface area contributed by atoms with Crippen LogP contribution in [0.1, 0.15) is 21.1 Å². The van der Waals surface area contributed by atoms with Gasteiger partial charge in [0, 0.05) is 16.5 Å². The molecule has 30 heavy (non-hydrogen) atoms. The Balaban J connectivity index is 1.75. The number of nitrogens with zero attached hydrogens (tertiary/aromatic N) is 3. The standard InChI is InChI=1S/C19H11Cl2F3N4OS/c20-12-4-3-10(6-13(12)21)14-7-16(19(22,23)24)28-17(26-14)8-15(27-28)18(29)25-9-11-2-1-5-30-11/h1-8H,9H2,(H,25,29). The first-order valence-electron chi connectivity index (χ1n) is 8.46. The van der Waals surface area contributed by atoms with Crippen molar-refractivity contribution in [2.45, 2.75) is 12.7 Å². The van der Waals surface area contributed by atoms with Gasteiger partial charge in [-0.2, -0.15) is 18.3 Å². The average molecular weight is 471 g/mol. The van der Waals surface area contributed by atoms with Gasteiger partial charge in [0.05, 0.1) is 22.3 Å². The van der Waals surface area contributed by atoms with Crippen molar-refractivity contribution in [3.05, 3.63) is 74.2 Å². The Morgan fingerprint density at radius 2 is 1.93 bits per heavy atom. The van der Waals surface area contributed by atoms with Crippen LogP contribution < -0.4 is 5.32 Å². The number of hydrogen-bond acceptors (Lipinski definition) is 4. The topological polar surface area (TPSA) is 59.3 Å². The Labute approximate surface area is 182 Å². The summed E-state index contributed by atoms with van der Waals surface area (Å²) in [5.74, 6) is -0.599. The maximum Gasteiger partial charge on any atom is 0.433 e. The van der Waals surface area contributed by atoms with Crippen LogP contribution in [0, 0.1) is 0 Å². The molecule has 0 aliphatic heterocycles. The third kappa shape index (κ3) is 4.14. The molecule has 154 valence electrons. The summed E-state index contributed by atoms with van der Waals surface area (Å²) in [5.41, 5.74) is -0.977. The van der Waals surface area contributed by atoms with Crippen LogP contribution in [0.5, 0.6) is 0 Å². The van der Waals surface area contributed by atoms with Gasteiger partial charge < -0.3 is 5.32 Å². The fourth-order valence-electron chi connectivity index (χ4n) is 2.76. The number of amides is 1. The fraction of sp³-hybridized carbons (Fsp3) is 0.105. The molecule has 0 bridgehead atoms. The quantitative estimate of drug-likeness (QED) is 0.415. The average Bonchev–Trinajstić information content (AvgIpc) is 3.36. The molecule has 3 aromatic heterocycles. The maximum atomic E-state index is 13.7. The lowest BCUT2D eigenvalue weighted by atomic mass is 10.1. The predicted octanol–water partition coefficient (Wildman–Crippen LogP) is 5.71. The maximum absolute atomic E-state index is 13.7. The smallest absolute Gasteiger partial charge is 0.346 e. The molecule has 1 aromatic carbocycles. The minimum atomic E-state index is -4.72. The number of thiophene rings is 1. The largest absolute Gasteiger partial charge is 0.433 e. The van der Waals surface area contributed by atoms with E-state index in [0.717, 1.165) is 10.9 Å². The highest BCUT2D eigenvalue weighted by Crippen LogP contribution is 2.34. The lowest BCUT2D eigenvalue weighted by Gasteiger charge is -2.11. The number of benzene rings is 1.